The van der Waals surface area contributed by atoms with Gasteiger partial charge in [0.1, 0.15) is 11.3 Å². The van der Waals surface area contributed by atoms with E-state index in [-0.39, 0.29) is 12.5 Å². The Morgan fingerprint density at radius 3 is 2.84 bits per heavy atom. The van der Waals surface area contributed by atoms with Gasteiger partial charge in [-0.05, 0) is 19.1 Å². The number of aliphatic hydroxyl groups is 1. The van der Waals surface area contributed by atoms with Crippen molar-refractivity contribution < 1.29 is 9.90 Å². The number of para-hydroxylation sites is 1. The van der Waals surface area contributed by atoms with Crippen LogP contribution in [0.4, 0.5) is 0 Å². The van der Waals surface area contributed by atoms with Crippen LogP contribution in [0.2, 0.25) is 0 Å². The quantitative estimate of drug-likeness (QED) is 0.743. The standard InChI is InChI=1S/C17H18N6O2/c1-12-14(10-23(20-12)13-5-3-2-4-6-13)16(24)22-8-7-17(25,11-22)15-9-18-21-19-15/h2-6,9-10,25H,7-8,11H2,1H3,(H,18,19,21). The topological polar surface area (TPSA) is 99.9 Å². The van der Waals surface area contributed by atoms with Crippen molar-refractivity contribution in [2.75, 3.05) is 13.1 Å². The summed E-state index contributed by atoms with van der Waals surface area (Å²) in [6, 6.07) is 9.64. The third-order valence-corrected chi connectivity index (χ3v) is 4.58. The second kappa shape index (κ2) is 5.82. The largest absolute Gasteiger partial charge is 0.381 e. The van der Waals surface area contributed by atoms with Crippen molar-refractivity contribution in [3.63, 3.8) is 0 Å². The van der Waals surface area contributed by atoms with Crippen LogP contribution < -0.4 is 0 Å². The fourth-order valence-corrected chi connectivity index (χ4v) is 3.16. The molecule has 2 N–H and O–H groups in total. The molecule has 1 unspecified atom stereocenters. The number of nitrogens with zero attached hydrogens (tertiary/aromatic N) is 5. The minimum Gasteiger partial charge on any atom is -0.381 e. The molecule has 1 saturated heterocycles. The van der Waals surface area contributed by atoms with Crippen molar-refractivity contribution in [2.45, 2.75) is 18.9 Å². The lowest BCUT2D eigenvalue weighted by Gasteiger charge is -2.20. The molecule has 1 atom stereocenters. The molecule has 1 aromatic carbocycles. The fourth-order valence-electron chi connectivity index (χ4n) is 3.16. The van der Waals surface area contributed by atoms with Crippen LogP contribution in [0, 0.1) is 6.92 Å². The summed E-state index contributed by atoms with van der Waals surface area (Å²) in [6.45, 7) is 2.46. The Hall–Kier alpha value is -3.00. The average molecular weight is 338 g/mol. The van der Waals surface area contributed by atoms with Gasteiger partial charge in [-0.1, -0.05) is 18.2 Å². The zero-order valence-electron chi connectivity index (χ0n) is 13.8. The van der Waals surface area contributed by atoms with E-state index in [9.17, 15) is 9.90 Å². The van der Waals surface area contributed by atoms with Gasteiger partial charge in [-0.3, -0.25) is 4.79 Å². The molecular weight excluding hydrogens is 320 g/mol. The second-order valence-corrected chi connectivity index (χ2v) is 6.27. The zero-order valence-corrected chi connectivity index (χ0v) is 13.8. The van der Waals surface area contributed by atoms with Crippen molar-refractivity contribution in [2.24, 2.45) is 0 Å². The molecule has 4 rings (SSSR count). The highest BCUT2D eigenvalue weighted by Crippen LogP contribution is 2.31. The fraction of sp³-hybridized carbons (Fsp3) is 0.294. The number of carbonyl (C=O) groups excluding carboxylic acids is 1. The summed E-state index contributed by atoms with van der Waals surface area (Å²) < 4.78 is 1.70. The van der Waals surface area contributed by atoms with Crippen molar-refractivity contribution in [3.05, 3.63) is 59.7 Å². The van der Waals surface area contributed by atoms with Gasteiger partial charge in [0.25, 0.3) is 5.91 Å². The molecule has 8 heteroatoms. The molecule has 1 aliphatic rings. The number of rotatable bonds is 3. The summed E-state index contributed by atoms with van der Waals surface area (Å²) >= 11 is 0. The Morgan fingerprint density at radius 1 is 1.32 bits per heavy atom. The first-order valence-corrected chi connectivity index (χ1v) is 8.06. The van der Waals surface area contributed by atoms with Crippen LogP contribution in [-0.2, 0) is 5.60 Å². The average Bonchev–Trinajstić information content (AvgIpc) is 3.35. The van der Waals surface area contributed by atoms with E-state index < -0.39 is 5.60 Å². The highest BCUT2D eigenvalue weighted by Gasteiger charge is 2.42. The third kappa shape index (κ3) is 2.70. The predicted molar refractivity (Wildman–Crippen MR) is 89.1 cm³/mol. The Kier molecular flexibility index (Phi) is 3.61. The van der Waals surface area contributed by atoms with Crippen LogP contribution in [0.3, 0.4) is 0 Å². The van der Waals surface area contributed by atoms with Crippen LogP contribution in [0.15, 0.2) is 42.7 Å². The van der Waals surface area contributed by atoms with Gasteiger partial charge >= 0.3 is 0 Å². The molecule has 0 aliphatic carbocycles. The van der Waals surface area contributed by atoms with Crippen LogP contribution in [-0.4, -0.2) is 54.2 Å². The second-order valence-electron chi connectivity index (χ2n) is 6.27. The number of hydrogen-bond donors (Lipinski definition) is 2. The number of benzene rings is 1. The highest BCUT2D eigenvalue weighted by molar-refractivity contribution is 5.95. The number of hydrogen-bond acceptors (Lipinski definition) is 5. The predicted octanol–water partition coefficient (Wildman–Crippen LogP) is 1.03. The van der Waals surface area contributed by atoms with E-state index in [1.54, 1.807) is 15.8 Å². The Morgan fingerprint density at radius 2 is 2.12 bits per heavy atom. The third-order valence-electron chi connectivity index (χ3n) is 4.58. The summed E-state index contributed by atoms with van der Waals surface area (Å²) in [7, 11) is 0. The van der Waals surface area contributed by atoms with Gasteiger partial charge in [0.2, 0.25) is 0 Å². The number of β-amino-alcohol motifs (C(OH)–C–C–N with tert-alkyl or cyclic N) is 1. The lowest BCUT2D eigenvalue weighted by Crippen LogP contribution is -2.34. The molecule has 1 amide bonds. The number of aromatic amines is 1. The van der Waals surface area contributed by atoms with E-state index in [0.29, 0.717) is 29.9 Å². The van der Waals surface area contributed by atoms with Crippen molar-refractivity contribution in [1.29, 1.82) is 0 Å². The van der Waals surface area contributed by atoms with Gasteiger partial charge in [-0.15, -0.1) is 0 Å². The molecule has 8 nitrogen and oxygen atoms in total. The summed E-state index contributed by atoms with van der Waals surface area (Å²) in [5, 5.41) is 25.4. The summed E-state index contributed by atoms with van der Waals surface area (Å²) in [6.07, 6.45) is 3.66. The molecule has 3 aromatic rings. The molecule has 25 heavy (non-hydrogen) atoms. The highest BCUT2D eigenvalue weighted by atomic mass is 16.3. The lowest BCUT2D eigenvalue weighted by atomic mass is 10.00. The van der Waals surface area contributed by atoms with E-state index in [2.05, 4.69) is 20.5 Å². The number of aromatic nitrogens is 5. The van der Waals surface area contributed by atoms with Gasteiger partial charge in [-0.25, -0.2) is 4.68 Å². The summed E-state index contributed by atoms with van der Waals surface area (Å²) in [5.41, 5.74) is 1.38. The molecule has 0 saturated carbocycles. The van der Waals surface area contributed by atoms with E-state index in [0.717, 1.165) is 5.69 Å². The molecule has 1 aliphatic heterocycles. The smallest absolute Gasteiger partial charge is 0.257 e. The van der Waals surface area contributed by atoms with Crippen molar-refractivity contribution >= 4 is 5.91 Å². The van der Waals surface area contributed by atoms with E-state index in [1.165, 1.54) is 6.20 Å². The minimum atomic E-state index is -1.16. The number of nitrogens with one attached hydrogen (secondary N) is 1. The molecular formula is C17H18N6O2. The Balaban J connectivity index is 1.57. The monoisotopic (exact) mass is 338 g/mol. The number of aryl methyl sites for hydroxylation is 1. The molecule has 0 radical (unpaired) electrons. The van der Waals surface area contributed by atoms with Crippen LogP contribution in [0.5, 0.6) is 0 Å². The molecule has 0 bridgehead atoms. The number of amides is 1. The Bertz CT molecular complexity index is 889. The van der Waals surface area contributed by atoms with Gasteiger partial charge in [0, 0.05) is 19.2 Å². The molecule has 2 aromatic heterocycles. The van der Waals surface area contributed by atoms with E-state index in [1.807, 2.05) is 37.3 Å². The first-order chi connectivity index (χ1) is 12.1. The molecule has 128 valence electrons. The lowest BCUT2D eigenvalue weighted by molar-refractivity contribution is 0.0382. The van der Waals surface area contributed by atoms with Gasteiger partial charge < -0.3 is 10.0 Å². The molecule has 3 heterocycles. The minimum absolute atomic E-state index is 0.140. The van der Waals surface area contributed by atoms with Gasteiger partial charge in [0.15, 0.2) is 0 Å². The normalized spacial score (nSPS) is 20.2. The summed E-state index contributed by atoms with van der Waals surface area (Å²) in [4.78, 5) is 14.5. The first-order valence-electron chi connectivity index (χ1n) is 8.06. The maximum atomic E-state index is 12.9. The van der Waals surface area contributed by atoms with Crippen molar-refractivity contribution in [3.8, 4) is 5.69 Å². The molecule has 0 spiro atoms. The van der Waals surface area contributed by atoms with Crippen LogP contribution in [0.25, 0.3) is 5.69 Å². The van der Waals surface area contributed by atoms with Crippen LogP contribution >= 0.6 is 0 Å². The zero-order chi connectivity index (χ0) is 17.4. The number of likely N-dealkylation sites (tertiary alicyclic amines) is 1. The van der Waals surface area contributed by atoms with Crippen molar-refractivity contribution in [1.82, 2.24) is 30.1 Å². The van der Waals surface area contributed by atoms with Gasteiger partial charge in [0.05, 0.1) is 29.7 Å². The van der Waals surface area contributed by atoms with Gasteiger partial charge in [-0.2, -0.15) is 20.5 Å². The summed E-state index contributed by atoms with van der Waals surface area (Å²) in [5.74, 6) is -0.140. The number of H-pyrrole nitrogens is 1. The van der Waals surface area contributed by atoms with E-state index >= 15 is 0 Å². The maximum absolute atomic E-state index is 12.9. The van der Waals surface area contributed by atoms with Crippen LogP contribution in [0.1, 0.15) is 28.2 Å². The maximum Gasteiger partial charge on any atom is 0.257 e. The number of carbonyl (C=O) groups is 1. The Labute approximate surface area is 144 Å². The van der Waals surface area contributed by atoms with E-state index in [4.69, 9.17) is 0 Å². The SMILES string of the molecule is Cc1nn(-c2ccccc2)cc1C(=O)N1CCC(O)(c2cn[nH]n2)C1. The first kappa shape index (κ1) is 15.5. The molecule has 1 fully saturated rings.